The molecule has 0 aromatic carbocycles. The number of carbonyl (C=O) groups is 1. The number of hydrogen-bond acceptors (Lipinski definition) is 3. The molecule has 2 aromatic rings. The lowest BCUT2D eigenvalue weighted by molar-refractivity contribution is -0.137. The summed E-state index contributed by atoms with van der Waals surface area (Å²) in [5.41, 5.74) is -0.351. The molecule has 9 heteroatoms. The molecular formula is C13H8Cl2F3N3O. The van der Waals surface area contributed by atoms with Crippen molar-refractivity contribution in [3.05, 3.63) is 46.5 Å². The first kappa shape index (κ1) is 16.5. The lowest BCUT2D eigenvalue weighted by Crippen LogP contribution is -2.12. The minimum absolute atomic E-state index is 0.137. The third kappa shape index (κ3) is 3.86. The zero-order valence-corrected chi connectivity index (χ0v) is 12.3. The van der Waals surface area contributed by atoms with Crippen LogP contribution in [-0.4, -0.2) is 26.6 Å². The van der Waals surface area contributed by atoms with Crippen LogP contribution in [0.5, 0.6) is 0 Å². The van der Waals surface area contributed by atoms with E-state index in [0.29, 0.717) is 11.9 Å². The highest BCUT2D eigenvalue weighted by atomic mass is 35.5. The second kappa shape index (κ2) is 6.50. The van der Waals surface area contributed by atoms with E-state index < -0.39 is 17.6 Å². The summed E-state index contributed by atoms with van der Waals surface area (Å²) < 4.78 is 38.5. The number of aromatic nitrogens is 3. The zero-order chi connectivity index (χ0) is 16.3. The van der Waals surface area contributed by atoms with Gasteiger partial charge in [-0.05, 0) is 24.3 Å². The number of carbonyl (C=O) groups excluding carboxylic acids is 1. The molecule has 22 heavy (non-hydrogen) atoms. The molecule has 0 radical (unpaired) electrons. The van der Waals surface area contributed by atoms with E-state index >= 15 is 0 Å². The number of pyridine rings is 1. The molecule has 4 nitrogen and oxygen atoms in total. The Bertz CT molecular complexity index is 726. The Labute approximate surface area is 133 Å². The van der Waals surface area contributed by atoms with Gasteiger partial charge in [-0.25, -0.2) is 4.68 Å². The number of alkyl halides is 4. The molecule has 0 fully saturated rings. The smallest absolute Gasteiger partial charge is 0.271 e. The minimum Gasteiger partial charge on any atom is -0.271 e. The van der Waals surface area contributed by atoms with Gasteiger partial charge in [-0.3, -0.25) is 9.78 Å². The van der Waals surface area contributed by atoms with Gasteiger partial charge in [0.2, 0.25) is 0 Å². The fraction of sp³-hybridized carbons (Fsp3) is 0.154. The highest BCUT2D eigenvalue weighted by Gasteiger charge is 2.31. The quantitative estimate of drug-likeness (QED) is 0.787. The van der Waals surface area contributed by atoms with Crippen LogP contribution in [0.25, 0.3) is 12.2 Å². The Morgan fingerprint density at radius 2 is 2.09 bits per heavy atom. The SMILES string of the molecule is O=C(CCl)n1ccc(/C=C/c2ncc(C(F)(F)F)cc2Cl)n1. The molecule has 0 aliphatic rings. The van der Waals surface area contributed by atoms with Crippen LogP contribution in [0.15, 0.2) is 24.5 Å². The molecule has 0 aliphatic carbocycles. The van der Waals surface area contributed by atoms with Gasteiger partial charge in [-0.15, -0.1) is 11.6 Å². The molecule has 0 atom stereocenters. The van der Waals surface area contributed by atoms with Crippen LogP contribution in [0.1, 0.15) is 21.7 Å². The maximum atomic E-state index is 12.5. The summed E-state index contributed by atoms with van der Waals surface area (Å²) >= 11 is 11.2. The van der Waals surface area contributed by atoms with Crippen molar-refractivity contribution < 1.29 is 18.0 Å². The van der Waals surface area contributed by atoms with Gasteiger partial charge in [0.1, 0.15) is 5.88 Å². The number of halogens is 5. The van der Waals surface area contributed by atoms with Gasteiger partial charge in [0.25, 0.3) is 5.91 Å². The van der Waals surface area contributed by atoms with Crippen LogP contribution in [0.4, 0.5) is 13.2 Å². The van der Waals surface area contributed by atoms with Crippen molar-refractivity contribution >= 4 is 41.3 Å². The number of rotatable bonds is 3. The molecule has 2 rings (SSSR count). The van der Waals surface area contributed by atoms with Crippen LogP contribution >= 0.6 is 23.2 Å². The summed E-state index contributed by atoms with van der Waals surface area (Å²) in [6, 6.07) is 2.34. The second-order valence-electron chi connectivity index (χ2n) is 4.13. The van der Waals surface area contributed by atoms with E-state index in [4.69, 9.17) is 23.2 Å². The second-order valence-corrected chi connectivity index (χ2v) is 4.81. The van der Waals surface area contributed by atoms with E-state index in [9.17, 15) is 18.0 Å². The van der Waals surface area contributed by atoms with E-state index in [-0.39, 0.29) is 16.6 Å². The van der Waals surface area contributed by atoms with Crippen LogP contribution in [0.2, 0.25) is 5.02 Å². The van der Waals surface area contributed by atoms with Gasteiger partial charge in [0.05, 0.1) is 22.0 Å². The molecule has 0 amide bonds. The lowest BCUT2D eigenvalue weighted by atomic mass is 10.2. The van der Waals surface area contributed by atoms with Crippen LogP contribution in [0.3, 0.4) is 0 Å². The van der Waals surface area contributed by atoms with E-state index in [1.54, 1.807) is 6.07 Å². The third-order valence-corrected chi connectivity index (χ3v) is 3.12. The summed E-state index contributed by atoms with van der Waals surface area (Å²) in [5.74, 6) is -0.607. The summed E-state index contributed by atoms with van der Waals surface area (Å²) in [4.78, 5) is 14.9. The van der Waals surface area contributed by atoms with Crippen molar-refractivity contribution in [1.29, 1.82) is 0 Å². The van der Waals surface area contributed by atoms with Gasteiger partial charge in [-0.2, -0.15) is 18.3 Å². The molecule has 116 valence electrons. The topological polar surface area (TPSA) is 47.8 Å². The Balaban J connectivity index is 2.20. The Hall–Kier alpha value is -1.86. The molecular weight excluding hydrogens is 342 g/mol. The van der Waals surface area contributed by atoms with Gasteiger partial charge >= 0.3 is 6.18 Å². The lowest BCUT2D eigenvalue weighted by Gasteiger charge is -2.07. The van der Waals surface area contributed by atoms with Crippen molar-refractivity contribution in [2.24, 2.45) is 0 Å². The molecule has 0 saturated carbocycles. The van der Waals surface area contributed by atoms with Crippen LogP contribution in [-0.2, 0) is 6.18 Å². The Morgan fingerprint density at radius 3 is 2.68 bits per heavy atom. The van der Waals surface area contributed by atoms with E-state index in [1.165, 1.54) is 18.3 Å². The third-order valence-electron chi connectivity index (χ3n) is 2.59. The van der Waals surface area contributed by atoms with Crippen molar-refractivity contribution in [2.45, 2.75) is 6.18 Å². The predicted octanol–water partition coefficient (Wildman–Crippen LogP) is 4.00. The molecule has 0 saturated heterocycles. The molecule has 2 aromatic heterocycles. The Kier molecular flexibility index (Phi) is 4.87. The fourth-order valence-corrected chi connectivity index (χ4v) is 1.87. The molecule has 0 spiro atoms. The fourth-order valence-electron chi connectivity index (χ4n) is 1.52. The summed E-state index contributed by atoms with van der Waals surface area (Å²) in [6.07, 6.45) is 0.493. The molecule has 0 N–H and O–H groups in total. The van der Waals surface area contributed by atoms with Crippen LogP contribution in [0, 0.1) is 0 Å². The summed E-state index contributed by atoms with van der Waals surface area (Å²) in [6.45, 7) is 0. The van der Waals surface area contributed by atoms with Gasteiger partial charge in [-0.1, -0.05) is 11.6 Å². The predicted molar refractivity (Wildman–Crippen MR) is 76.8 cm³/mol. The first-order valence-corrected chi connectivity index (χ1v) is 6.78. The minimum atomic E-state index is -4.50. The number of hydrogen-bond donors (Lipinski definition) is 0. The van der Waals surface area contributed by atoms with Crippen molar-refractivity contribution in [3.8, 4) is 0 Å². The van der Waals surface area contributed by atoms with Gasteiger partial charge < -0.3 is 0 Å². The maximum absolute atomic E-state index is 12.5. The van der Waals surface area contributed by atoms with Gasteiger partial charge in [0.15, 0.2) is 0 Å². The monoisotopic (exact) mass is 349 g/mol. The van der Waals surface area contributed by atoms with Crippen molar-refractivity contribution in [3.63, 3.8) is 0 Å². The number of nitrogens with zero attached hydrogens (tertiary/aromatic N) is 3. The summed E-state index contributed by atoms with van der Waals surface area (Å²) in [5, 5.41) is 3.79. The zero-order valence-electron chi connectivity index (χ0n) is 10.8. The van der Waals surface area contributed by atoms with Crippen LogP contribution < -0.4 is 0 Å². The van der Waals surface area contributed by atoms with Gasteiger partial charge in [0, 0.05) is 12.4 Å². The molecule has 2 heterocycles. The standard InChI is InChI=1S/C13H8Cl2F3N3O/c14-6-12(22)21-4-3-9(20-21)1-2-11-10(15)5-8(7-19-11)13(16,17)18/h1-5,7H,6H2/b2-1+. The first-order chi connectivity index (χ1) is 10.3. The first-order valence-electron chi connectivity index (χ1n) is 5.87. The average molecular weight is 350 g/mol. The molecule has 0 aliphatic heterocycles. The largest absolute Gasteiger partial charge is 0.417 e. The average Bonchev–Trinajstić information content (AvgIpc) is 2.93. The molecule has 0 unspecified atom stereocenters. The highest BCUT2D eigenvalue weighted by molar-refractivity contribution is 6.32. The van der Waals surface area contributed by atoms with E-state index in [0.717, 1.165) is 10.7 Å². The van der Waals surface area contributed by atoms with E-state index in [2.05, 4.69) is 10.1 Å². The van der Waals surface area contributed by atoms with E-state index in [1.807, 2.05) is 0 Å². The molecule has 0 bridgehead atoms. The summed E-state index contributed by atoms with van der Waals surface area (Å²) in [7, 11) is 0. The Morgan fingerprint density at radius 1 is 1.36 bits per heavy atom. The highest BCUT2D eigenvalue weighted by Crippen LogP contribution is 2.31. The normalized spacial score (nSPS) is 12.0. The van der Waals surface area contributed by atoms with Crippen molar-refractivity contribution in [1.82, 2.24) is 14.8 Å². The van der Waals surface area contributed by atoms with Crippen molar-refractivity contribution in [2.75, 3.05) is 5.88 Å². The maximum Gasteiger partial charge on any atom is 0.417 e.